The van der Waals surface area contributed by atoms with Crippen molar-refractivity contribution in [3.05, 3.63) is 47.0 Å². The predicted molar refractivity (Wildman–Crippen MR) is 120 cm³/mol. The molecule has 2 N–H and O–H groups in total. The van der Waals surface area contributed by atoms with Crippen molar-refractivity contribution in [3.63, 3.8) is 0 Å². The number of hydrogen-bond acceptors (Lipinski definition) is 5. The predicted octanol–water partition coefficient (Wildman–Crippen LogP) is 5.14. The Balaban J connectivity index is 2.12. The molecule has 2 atom stereocenters. The largest absolute Gasteiger partial charge is 0.507 e. The van der Waals surface area contributed by atoms with E-state index in [4.69, 9.17) is 14.2 Å². The molecule has 0 radical (unpaired) electrons. The quantitative estimate of drug-likeness (QED) is 0.627. The Morgan fingerprint density at radius 2 is 1.63 bits per heavy atom. The van der Waals surface area contributed by atoms with Crippen LogP contribution in [0.4, 0.5) is 0 Å². The van der Waals surface area contributed by atoms with Gasteiger partial charge in [-0.2, -0.15) is 0 Å². The van der Waals surface area contributed by atoms with Crippen molar-refractivity contribution in [3.8, 4) is 34.1 Å². The lowest BCUT2D eigenvalue weighted by molar-refractivity contribution is 0.377. The van der Waals surface area contributed by atoms with Crippen LogP contribution in [-0.2, 0) is 6.42 Å². The molecule has 5 nitrogen and oxygen atoms in total. The smallest absolute Gasteiger partial charge is 0.130 e. The number of fused-ring (bicyclic) bond motifs is 2. The van der Waals surface area contributed by atoms with Crippen molar-refractivity contribution in [2.45, 2.75) is 39.3 Å². The second-order valence-electron chi connectivity index (χ2n) is 8.06. The monoisotopic (exact) mass is 407 g/mol. The minimum absolute atomic E-state index is 0.124. The SMILES string of the molecule is COc1cc(O)c(-c2ccc(OC)c3c(OC)cc(C)cc23)c2c1[C@H](C)N[C@@H](C)C2. The van der Waals surface area contributed by atoms with Gasteiger partial charge in [-0.05, 0) is 67.5 Å². The molecular formula is C25H29NO4. The number of ether oxygens (including phenoxy) is 3. The topological polar surface area (TPSA) is 60.0 Å². The second kappa shape index (κ2) is 7.73. The van der Waals surface area contributed by atoms with Crippen LogP contribution < -0.4 is 19.5 Å². The Labute approximate surface area is 177 Å². The van der Waals surface area contributed by atoms with Crippen LogP contribution in [-0.4, -0.2) is 32.5 Å². The van der Waals surface area contributed by atoms with E-state index in [0.717, 1.165) is 56.5 Å². The van der Waals surface area contributed by atoms with Crippen LogP contribution in [0.5, 0.6) is 23.0 Å². The number of phenols is 1. The maximum atomic E-state index is 11.1. The van der Waals surface area contributed by atoms with Crippen molar-refractivity contribution in [1.29, 1.82) is 0 Å². The summed E-state index contributed by atoms with van der Waals surface area (Å²) in [7, 11) is 4.98. The average Bonchev–Trinajstić information content (AvgIpc) is 2.71. The molecule has 158 valence electrons. The van der Waals surface area contributed by atoms with Gasteiger partial charge < -0.3 is 24.6 Å². The zero-order valence-electron chi connectivity index (χ0n) is 18.4. The highest BCUT2D eigenvalue weighted by Gasteiger charge is 2.30. The molecule has 0 spiro atoms. The van der Waals surface area contributed by atoms with Gasteiger partial charge in [0.25, 0.3) is 0 Å². The second-order valence-corrected chi connectivity index (χ2v) is 8.06. The summed E-state index contributed by atoms with van der Waals surface area (Å²) in [6, 6.07) is 10.2. The molecule has 0 saturated heterocycles. The molecule has 0 bridgehead atoms. The molecular weight excluding hydrogens is 378 g/mol. The third-order valence-electron chi connectivity index (χ3n) is 6.01. The van der Waals surface area contributed by atoms with Gasteiger partial charge in [0.15, 0.2) is 0 Å². The molecule has 3 aromatic rings. The van der Waals surface area contributed by atoms with Crippen molar-refractivity contribution in [1.82, 2.24) is 5.32 Å². The minimum atomic E-state index is 0.124. The van der Waals surface area contributed by atoms with Crippen LogP contribution in [0.1, 0.15) is 36.6 Å². The fourth-order valence-corrected chi connectivity index (χ4v) is 4.84. The Morgan fingerprint density at radius 1 is 0.933 bits per heavy atom. The van der Waals surface area contributed by atoms with Crippen molar-refractivity contribution >= 4 is 10.8 Å². The van der Waals surface area contributed by atoms with Crippen LogP contribution in [0.15, 0.2) is 30.3 Å². The van der Waals surface area contributed by atoms with E-state index < -0.39 is 0 Å². The molecule has 3 aromatic carbocycles. The van der Waals surface area contributed by atoms with E-state index in [0.29, 0.717) is 11.8 Å². The highest BCUT2D eigenvalue weighted by atomic mass is 16.5. The number of benzene rings is 3. The molecule has 0 saturated carbocycles. The summed E-state index contributed by atoms with van der Waals surface area (Å²) in [5, 5.41) is 16.6. The average molecular weight is 408 g/mol. The molecule has 0 fully saturated rings. The first kappa shape index (κ1) is 20.4. The molecule has 30 heavy (non-hydrogen) atoms. The molecule has 4 rings (SSSR count). The standard InChI is InChI=1S/C25H29NO4/c1-13-9-17-16(7-8-20(28-4)25(17)21(10-13)29-5)24-18-11-14(2)26-15(3)23(18)22(30-6)12-19(24)27/h7-10,12,14-15,26-27H,11H2,1-6H3/t14-,15-/m0/s1. The van der Waals surface area contributed by atoms with Crippen LogP contribution >= 0.6 is 0 Å². The molecule has 1 aliphatic heterocycles. The number of hydrogen-bond donors (Lipinski definition) is 2. The van der Waals surface area contributed by atoms with Gasteiger partial charge in [0.1, 0.15) is 23.0 Å². The lowest BCUT2D eigenvalue weighted by Gasteiger charge is -2.33. The van der Waals surface area contributed by atoms with Gasteiger partial charge in [-0.1, -0.05) is 6.07 Å². The van der Waals surface area contributed by atoms with E-state index in [1.807, 2.05) is 25.1 Å². The third kappa shape index (κ3) is 3.14. The van der Waals surface area contributed by atoms with Crippen molar-refractivity contribution in [2.75, 3.05) is 21.3 Å². The highest BCUT2D eigenvalue weighted by Crippen LogP contribution is 2.48. The molecule has 0 aromatic heterocycles. The fraction of sp³-hybridized carbons (Fsp3) is 0.360. The molecule has 1 aliphatic rings. The van der Waals surface area contributed by atoms with E-state index in [2.05, 4.69) is 25.2 Å². The first-order valence-electron chi connectivity index (χ1n) is 10.2. The number of aryl methyl sites for hydroxylation is 1. The normalized spacial score (nSPS) is 18.2. The summed E-state index contributed by atoms with van der Waals surface area (Å²) in [6.45, 7) is 6.35. The minimum Gasteiger partial charge on any atom is -0.507 e. The van der Waals surface area contributed by atoms with Gasteiger partial charge in [-0.3, -0.25) is 0 Å². The Hall–Kier alpha value is -2.92. The zero-order valence-corrected chi connectivity index (χ0v) is 18.4. The van der Waals surface area contributed by atoms with Gasteiger partial charge in [0.2, 0.25) is 0 Å². The lowest BCUT2D eigenvalue weighted by atomic mass is 9.83. The highest BCUT2D eigenvalue weighted by molar-refractivity contribution is 6.05. The summed E-state index contributed by atoms with van der Waals surface area (Å²) in [5.74, 6) is 2.44. The van der Waals surface area contributed by atoms with Gasteiger partial charge >= 0.3 is 0 Å². The molecule has 0 aliphatic carbocycles. The number of nitrogens with one attached hydrogen (secondary N) is 1. The summed E-state index contributed by atoms with van der Waals surface area (Å²) < 4.78 is 17.0. The zero-order chi connectivity index (χ0) is 21.6. The maximum absolute atomic E-state index is 11.1. The van der Waals surface area contributed by atoms with Gasteiger partial charge in [-0.25, -0.2) is 0 Å². The van der Waals surface area contributed by atoms with E-state index in [-0.39, 0.29) is 11.8 Å². The van der Waals surface area contributed by atoms with Crippen LogP contribution in [0.25, 0.3) is 21.9 Å². The number of aromatic hydroxyl groups is 1. The first-order chi connectivity index (χ1) is 14.4. The van der Waals surface area contributed by atoms with Gasteiger partial charge in [0, 0.05) is 29.3 Å². The Morgan fingerprint density at radius 3 is 2.30 bits per heavy atom. The fourth-order valence-electron chi connectivity index (χ4n) is 4.84. The summed E-state index contributed by atoms with van der Waals surface area (Å²) in [4.78, 5) is 0. The van der Waals surface area contributed by atoms with E-state index in [9.17, 15) is 5.11 Å². The number of rotatable bonds is 4. The molecule has 0 unspecified atom stereocenters. The lowest BCUT2D eigenvalue weighted by Crippen LogP contribution is -2.36. The van der Waals surface area contributed by atoms with Gasteiger partial charge in [0.05, 0.1) is 26.7 Å². The van der Waals surface area contributed by atoms with Crippen molar-refractivity contribution < 1.29 is 19.3 Å². The maximum Gasteiger partial charge on any atom is 0.130 e. The molecule has 1 heterocycles. The third-order valence-corrected chi connectivity index (χ3v) is 6.01. The number of phenolic OH excluding ortho intramolecular Hbond substituents is 1. The van der Waals surface area contributed by atoms with E-state index in [1.165, 1.54) is 0 Å². The van der Waals surface area contributed by atoms with Crippen LogP contribution in [0.2, 0.25) is 0 Å². The first-order valence-corrected chi connectivity index (χ1v) is 10.2. The Bertz CT molecular complexity index is 1120. The molecule has 5 heteroatoms. The summed E-state index contributed by atoms with van der Waals surface area (Å²) >= 11 is 0. The van der Waals surface area contributed by atoms with Crippen LogP contribution in [0.3, 0.4) is 0 Å². The van der Waals surface area contributed by atoms with Crippen LogP contribution in [0, 0.1) is 6.92 Å². The van der Waals surface area contributed by atoms with Gasteiger partial charge in [-0.15, -0.1) is 0 Å². The van der Waals surface area contributed by atoms with Crippen molar-refractivity contribution in [2.24, 2.45) is 0 Å². The van der Waals surface area contributed by atoms with E-state index >= 15 is 0 Å². The Kier molecular flexibility index (Phi) is 5.24. The molecule has 0 amide bonds. The summed E-state index contributed by atoms with van der Waals surface area (Å²) in [6.07, 6.45) is 0.802. The summed E-state index contributed by atoms with van der Waals surface area (Å²) in [5.41, 5.74) is 5.13. The van der Waals surface area contributed by atoms with E-state index in [1.54, 1.807) is 27.4 Å². The number of methoxy groups -OCH3 is 3.